The fourth-order valence-electron chi connectivity index (χ4n) is 2.72. The highest BCUT2D eigenvalue weighted by molar-refractivity contribution is 7.15. The van der Waals surface area contributed by atoms with Gasteiger partial charge >= 0.3 is 0 Å². The van der Waals surface area contributed by atoms with Gasteiger partial charge in [-0.2, -0.15) is 5.10 Å². The van der Waals surface area contributed by atoms with E-state index in [2.05, 4.69) is 10.2 Å². The van der Waals surface area contributed by atoms with E-state index in [1.165, 1.54) is 7.11 Å². The quantitative estimate of drug-likeness (QED) is 0.582. The topological polar surface area (TPSA) is 71.0 Å². The molecule has 0 atom stereocenters. The van der Waals surface area contributed by atoms with Gasteiger partial charge < -0.3 is 9.84 Å². The minimum absolute atomic E-state index is 0.118. The number of aromatic hydroxyl groups is 1. The fourth-order valence-corrected chi connectivity index (χ4v) is 3.66. The molecule has 24 heavy (non-hydrogen) atoms. The maximum absolute atomic E-state index is 9.77. The molecular weight excluding hydrogens is 322 g/mol. The Morgan fingerprint density at radius 3 is 2.79 bits per heavy atom. The number of nitrogens with zero attached hydrogens (tertiary/aromatic N) is 2. The van der Waals surface area contributed by atoms with Crippen LogP contribution >= 0.6 is 11.3 Å². The van der Waals surface area contributed by atoms with Crippen LogP contribution in [0.3, 0.4) is 0 Å². The van der Waals surface area contributed by atoms with Gasteiger partial charge in [-0.1, -0.05) is 18.2 Å². The van der Waals surface area contributed by atoms with Crippen molar-refractivity contribution < 1.29 is 9.84 Å². The third-order valence-corrected chi connectivity index (χ3v) is 4.90. The van der Waals surface area contributed by atoms with Crippen molar-refractivity contribution in [3.63, 3.8) is 0 Å². The maximum Gasteiger partial charge on any atom is 0.161 e. The number of thiazole rings is 1. The zero-order valence-corrected chi connectivity index (χ0v) is 14.0. The number of hydrogen-bond donors (Lipinski definition) is 2. The predicted molar refractivity (Wildman–Crippen MR) is 95.6 cm³/mol. The second-order valence-corrected chi connectivity index (χ2v) is 6.63. The van der Waals surface area contributed by atoms with Crippen LogP contribution in [0.4, 0.5) is 0 Å². The Morgan fingerprint density at radius 1 is 1.12 bits per heavy atom. The van der Waals surface area contributed by atoms with Crippen molar-refractivity contribution >= 4 is 22.2 Å². The molecule has 0 aliphatic carbocycles. The van der Waals surface area contributed by atoms with Crippen molar-refractivity contribution in [3.8, 4) is 33.5 Å². The van der Waals surface area contributed by atoms with Crippen LogP contribution in [0.5, 0.6) is 11.5 Å². The van der Waals surface area contributed by atoms with Gasteiger partial charge in [-0.15, -0.1) is 11.3 Å². The first-order valence-corrected chi connectivity index (χ1v) is 8.27. The Balaban J connectivity index is 1.83. The molecule has 2 heterocycles. The first-order chi connectivity index (χ1) is 11.7. The van der Waals surface area contributed by atoms with E-state index >= 15 is 0 Å². The first kappa shape index (κ1) is 14.7. The average Bonchev–Trinajstić information content (AvgIpc) is 3.19. The van der Waals surface area contributed by atoms with E-state index in [1.807, 2.05) is 37.3 Å². The lowest BCUT2D eigenvalue weighted by Gasteiger charge is -2.05. The minimum Gasteiger partial charge on any atom is -0.504 e. The summed E-state index contributed by atoms with van der Waals surface area (Å²) < 4.78 is 5.19. The number of H-pyrrole nitrogens is 1. The zero-order valence-electron chi connectivity index (χ0n) is 13.2. The van der Waals surface area contributed by atoms with Gasteiger partial charge in [-0.25, -0.2) is 4.98 Å². The summed E-state index contributed by atoms with van der Waals surface area (Å²) in [5, 5.41) is 19.2. The summed E-state index contributed by atoms with van der Waals surface area (Å²) in [4.78, 5) is 5.86. The summed E-state index contributed by atoms with van der Waals surface area (Å²) in [7, 11) is 1.54. The van der Waals surface area contributed by atoms with Gasteiger partial charge in [0.05, 0.1) is 18.3 Å². The first-order valence-electron chi connectivity index (χ1n) is 7.45. The van der Waals surface area contributed by atoms with Crippen LogP contribution in [0, 0.1) is 6.92 Å². The maximum atomic E-state index is 9.77. The van der Waals surface area contributed by atoms with Gasteiger partial charge in [0, 0.05) is 15.8 Å². The van der Waals surface area contributed by atoms with Crippen molar-refractivity contribution in [2.24, 2.45) is 0 Å². The molecule has 4 aromatic rings. The Morgan fingerprint density at radius 2 is 1.96 bits per heavy atom. The number of para-hydroxylation sites is 1. The Labute approximate surface area is 142 Å². The molecule has 0 radical (unpaired) electrons. The van der Waals surface area contributed by atoms with Crippen LogP contribution in [0.1, 0.15) is 4.88 Å². The molecule has 0 bridgehead atoms. The number of benzene rings is 2. The van der Waals surface area contributed by atoms with Gasteiger partial charge in [0.1, 0.15) is 10.7 Å². The van der Waals surface area contributed by atoms with Gasteiger partial charge in [0.2, 0.25) is 0 Å². The molecule has 5 nitrogen and oxygen atoms in total. The minimum atomic E-state index is 0.118. The molecule has 0 fully saturated rings. The summed E-state index contributed by atoms with van der Waals surface area (Å²) in [6, 6.07) is 13.3. The van der Waals surface area contributed by atoms with E-state index in [4.69, 9.17) is 9.72 Å². The average molecular weight is 337 g/mol. The Kier molecular flexibility index (Phi) is 3.46. The molecule has 0 aliphatic rings. The van der Waals surface area contributed by atoms with Gasteiger partial charge in [0.15, 0.2) is 11.5 Å². The number of aromatic nitrogens is 3. The monoisotopic (exact) mass is 337 g/mol. The third kappa shape index (κ3) is 2.32. The highest BCUT2D eigenvalue weighted by atomic mass is 32.1. The summed E-state index contributed by atoms with van der Waals surface area (Å²) >= 11 is 1.60. The smallest absolute Gasteiger partial charge is 0.161 e. The molecule has 2 aromatic carbocycles. The molecule has 0 unspecified atom stereocenters. The standard InChI is InChI=1S/C18H15N3O2S/c1-10-16(11-7-8-14(22)15(9-11)23-2)19-18(24-10)17-12-5-3-4-6-13(12)20-21-17/h3-9,22H,1-2H3,(H,20,21). The predicted octanol–water partition coefficient (Wildman–Crippen LogP) is 4.38. The molecule has 0 saturated carbocycles. The van der Waals surface area contributed by atoms with E-state index in [9.17, 15) is 5.11 Å². The van der Waals surface area contributed by atoms with Crippen molar-refractivity contribution in [2.45, 2.75) is 6.92 Å². The highest BCUT2D eigenvalue weighted by Crippen LogP contribution is 2.37. The van der Waals surface area contributed by atoms with Crippen LogP contribution in [-0.4, -0.2) is 27.4 Å². The van der Waals surface area contributed by atoms with Crippen molar-refractivity contribution in [1.82, 2.24) is 15.2 Å². The number of fused-ring (bicyclic) bond motifs is 1. The summed E-state index contributed by atoms with van der Waals surface area (Å²) in [5.41, 5.74) is 3.63. The molecule has 4 rings (SSSR count). The van der Waals surface area contributed by atoms with Gasteiger partial charge in [-0.05, 0) is 31.2 Å². The second-order valence-electron chi connectivity index (χ2n) is 5.43. The van der Waals surface area contributed by atoms with Crippen LogP contribution in [0.25, 0.3) is 32.9 Å². The molecule has 0 saturated heterocycles. The molecule has 0 aliphatic heterocycles. The number of ether oxygens (including phenoxy) is 1. The molecule has 0 spiro atoms. The van der Waals surface area contributed by atoms with E-state index < -0.39 is 0 Å². The van der Waals surface area contributed by atoms with Crippen molar-refractivity contribution in [1.29, 1.82) is 0 Å². The molecule has 120 valence electrons. The molecule has 6 heteroatoms. The van der Waals surface area contributed by atoms with E-state index in [0.29, 0.717) is 5.75 Å². The van der Waals surface area contributed by atoms with Gasteiger partial charge in [-0.3, -0.25) is 5.10 Å². The van der Waals surface area contributed by atoms with Crippen LogP contribution in [0.15, 0.2) is 42.5 Å². The summed E-state index contributed by atoms with van der Waals surface area (Å²) in [6.45, 7) is 2.03. The lowest BCUT2D eigenvalue weighted by atomic mass is 10.1. The van der Waals surface area contributed by atoms with Crippen LogP contribution < -0.4 is 4.74 Å². The van der Waals surface area contributed by atoms with Crippen molar-refractivity contribution in [3.05, 3.63) is 47.3 Å². The molecule has 0 amide bonds. The number of rotatable bonds is 3. The van der Waals surface area contributed by atoms with Crippen LogP contribution in [-0.2, 0) is 0 Å². The number of phenolic OH excluding ortho intramolecular Hbond substituents is 1. The number of aryl methyl sites for hydroxylation is 1. The number of hydrogen-bond acceptors (Lipinski definition) is 5. The number of methoxy groups -OCH3 is 1. The summed E-state index contributed by atoms with van der Waals surface area (Å²) in [6.07, 6.45) is 0. The van der Waals surface area contributed by atoms with Gasteiger partial charge in [0.25, 0.3) is 0 Å². The van der Waals surface area contributed by atoms with E-state index in [1.54, 1.807) is 23.5 Å². The normalized spacial score (nSPS) is 11.1. The third-order valence-electron chi connectivity index (χ3n) is 3.92. The Bertz CT molecular complexity index is 1040. The molecular formula is C18H15N3O2S. The molecule has 2 N–H and O–H groups in total. The largest absolute Gasteiger partial charge is 0.504 e. The van der Waals surface area contributed by atoms with Crippen molar-refractivity contribution in [2.75, 3.05) is 7.11 Å². The zero-order chi connectivity index (χ0) is 16.7. The summed E-state index contributed by atoms with van der Waals surface area (Å²) in [5.74, 6) is 0.555. The number of aromatic amines is 1. The SMILES string of the molecule is COc1cc(-c2nc(-c3n[nH]c4ccccc34)sc2C)ccc1O. The fraction of sp³-hybridized carbons (Fsp3) is 0.111. The lowest BCUT2D eigenvalue weighted by Crippen LogP contribution is -1.87. The van der Waals surface area contributed by atoms with E-state index in [-0.39, 0.29) is 5.75 Å². The molecule has 2 aromatic heterocycles. The Hall–Kier alpha value is -2.86. The number of phenols is 1. The number of nitrogens with one attached hydrogen (secondary N) is 1. The lowest BCUT2D eigenvalue weighted by molar-refractivity contribution is 0.373. The second kappa shape index (κ2) is 5.65. The van der Waals surface area contributed by atoms with Crippen LogP contribution in [0.2, 0.25) is 0 Å². The van der Waals surface area contributed by atoms with E-state index in [0.717, 1.165) is 37.7 Å². The highest BCUT2D eigenvalue weighted by Gasteiger charge is 2.16.